The first kappa shape index (κ1) is 19.9. The van der Waals surface area contributed by atoms with Crippen molar-refractivity contribution < 1.29 is 9.84 Å². The molecule has 0 aliphatic heterocycles. The lowest BCUT2D eigenvalue weighted by Crippen LogP contribution is -1.97. The summed E-state index contributed by atoms with van der Waals surface area (Å²) in [6.45, 7) is 0. The third-order valence-electron chi connectivity index (χ3n) is 4.43. The van der Waals surface area contributed by atoms with Gasteiger partial charge in [0, 0.05) is 12.6 Å². The number of benzene rings is 2. The average molecular weight is 436 g/mol. The Labute approximate surface area is 181 Å². The predicted molar refractivity (Wildman–Crippen MR) is 118 cm³/mol. The van der Waals surface area contributed by atoms with Crippen molar-refractivity contribution in [3.8, 4) is 23.2 Å². The molecule has 0 fully saturated rings. The smallest absolute Gasteiger partial charge is 0.191 e. The fourth-order valence-electron chi connectivity index (χ4n) is 2.85. The maximum atomic E-state index is 10.6. The van der Waals surface area contributed by atoms with Crippen molar-refractivity contribution >= 4 is 38.9 Å². The topological polar surface area (TPSA) is 96.8 Å². The van der Waals surface area contributed by atoms with Crippen LogP contribution in [0.2, 0.25) is 0 Å². The molecule has 0 bridgehead atoms. The molecule has 0 aliphatic rings. The predicted octanol–water partition coefficient (Wildman–Crippen LogP) is 4.69. The van der Waals surface area contributed by atoms with Crippen LogP contribution in [0.3, 0.4) is 0 Å². The van der Waals surface area contributed by atoms with Gasteiger partial charge in [-0.15, -0.1) is 21.5 Å². The van der Waals surface area contributed by atoms with Crippen molar-refractivity contribution in [1.29, 1.82) is 5.26 Å². The molecule has 9 heteroatoms. The Kier molecular flexibility index (Phi) is 5.70. The first-order chi connectivity index (χ1) is 14.6. The highest BCUT2D eigenvalue weighted by atomic mass is 32.2. The van der Waals surface area contributed by atoms with Crippen LogP contribution in [-0.4, -0.2) is 37.7 Å². The molecule has 0 aliphatic carbocycles. The molecule has 2 heterocycles. The molecule has 2 aromatic carbocycles. The minimum Gasteiger partial charge on any atom is -0.510 e. The van der Waals surface area contributed by atoms with Crippen molar-refractivity contribution in [2.24, 2.45) is 7.05 Å². The quantitative estimate of drug-likeness (QED) is 0.267. The van der Waals surface area contributed by atoms with Crippen LogP contribution < -0.4 is 4.74 Å². The van der Waals surface area contributed by atoms with E-state index in [4.69, 9.17) is 4.74 Å². The maximum Gasteiger partial charge on any atom is 0.191 e. The number of nitrogens with zero attached hydrogens (tertiary/aromatic N) is 5. The van der Waals surface area contributed by atoms with Crippen molar-refractivity contribution in [3.63, 3.8) is 0 Å². The van der Waals surface area contributed by atoms with Gasteiger partial charge in [0.15, 0.2) is 11.0 Å². The highest BCUT2D eigenvalue weighted by Crippen LogP contribution is 2.30. The van der Waals surface area contributed by atoms with Gasteiger partial charge in [-0.1, -0.05) is 23.9 Å². The number of rotatable bonds is 6. The fourth-order valence-corrected chi connectivity index (χ4v) is 4.62. The Bertz CT molecular complexity index is 1240. The summed E-state index contributed by atoms with van der Waals surface area (Å²) in [5.41, 5.74) is 1.90. The lowest BCUT2D eigenvalue weighted by molar-refractivity contribution is 0.415. The molecule has 4 aromatic rings. The summed E-state index contributed by atoms with van der Waals surface area (Å²) in [4.78, 5) is 4.46. The summed E-state index contributed by atoms with van der Waals surface area (Å²) in [5, 5.41) is 29.7. The number of thiazole rings is 1. The molecule has 0 unspecified atom stereocenters. The monoisotopic (exact) mass is 435 g/mol. The highest BCUT2D eigenvalue weighted by molar-refractivity contribution is 7.99. The van der Waals surface area contributed by atoms with E-state index in [9.17, 15) is 10.4 Å². The highest BCUT2D eigenvalue weighted by Gasteiger charge is 2.16. The van der Waals surface area contributed by atoms with E-state index in [0.717, 1.165) is 21.5 Å². The number of aromatic nitrogens is 4. The molecule has 7 nitrogen and oxygen atoms in total. The number of methoxy groups -OCH3 is 1. The normalized spacial score (nSPS) is 11.9. The molecule has 0 radical (unpaired) electrons. The molecule has 30 heavy (non-hydrogen) atoms. The van der Waals surface area contributed by atoms with E-state index >= 15 is 0 Å². The van der Waals surface area contributed by atoms with Gasteiger partial charge < -0.3 is 14.4 Å². The largest absolute Gasteiger partial charge is 0.510 e. The van der Waals surface area contributed by atoms with Crippen LogP contribution in [0.25, 0.3) is 27.2 Å². The number of hydrogen-bond donors (Lipinski definition) is 1. The maximum absolute atomic E-state index is 10.6. The lowest BCUT2D eigenvalue weighted by atomic mass is 10.2. The van der Waals surface area contributed by atoms with Crippen LogP contribution in [0.1, 0.15) is 5.01 Å². The van der Waals surface area contributed by atoms with Gasteiger partial charge in [-0.05, 0) is 36.4 Å². The van der Waals surface area contributed by atoms with Gasteiger partial charge in [-0.3, -0.25) is 0 Å². The number of aliphatic hydroxyl groups is 1. The van der Waals surface area contributed by atoms with Crippen LogP contribution in [-0.2, 0) is 7.05 Å². The van der Waals surface area contributed by atoms with Crippen molar-refractivity contribution in [3.05, 3.63) is 59.3 Å². The van der Waals surface area contributed by atoms with E-state index in [1.54, 1.807) is 7.11 Å². The summed E-state index contributed by atoms with van der Waals surface area (Å²) >= 11 is 2.69. The van der Waals surface area contributed by atoms with Crippen LogP contribution in [0.4, 0.5) is 0 Å². The molecule has 0 amide bonds. The summed E-state index contributed by atoms with van der Waals surface area (Å²) in [6.07, 6.45) is 0. The minimum absolute atomic E-state index is 0.0319. The summed E-state index contributed by atoms with van der Waals surface area (Å²) in [7, 11) is 3.48. The Morgan fingerprint density at radius 3 is 2.67 bits per heavy atom. The number of para-hydroxylation sites is 1. The lowest BCUT2D eigenvalue weighted by Gasteiger charge is -2.05. The van der Waals surface area contributed by atoms with Gasteiger partial charge in [-0.25, -0.2) is 4.98 Å². The van der Waals surface area contributed by atoms with Gasteiger partial charge in [0.2, 0.25) is 0 Å². The molecule has 0 saturated carbocycles. The molecular weight excluding hydrogens is 418 g/mol. The number of thioether (sulfide) groups is 1. The molecule has 0 spiro atoms. The Morgan fingerprint density at radius 1 is 1.20 bits per heavy atom. The second-order valence-corrected chi connectivity index (χ2v) is 8.28. The van der Waals surface area contributed by atoms with Gasteiger partial charge in [0.05, 0.1) is 23.1 Å². The fraction of sp³-hybridized carbons (Fsp3) is 0.143. The third-order valence-corrected chi connectivity index (χ3v) is 6.51. The molecule has 4 rings (SSSR count). The van der Waals surface area contributed by atoms with E-state index in [1.165, 1.54) is 23.1 Å². The number of fused-ring (bicyclic) bond motifs is 1. The molecule has 1 N–H and O–H groups in total. The zero-order valence-electron chi connectivity index (χ0n) is 16.2. The van der Waals surface area contributed by atoms with Gasteiger partial charge >= 0.3 is 0 Å². The van der Waals surface area contributed by atoms with Crippen LogP contribution in [0.5, 0.6) is 5.75 Å². The summed E-state index contributed by atoms with van der Waals surface area (Å²) in [6, 6.07) is 17.3. The zero-order valence-corrected chi connectivity index (χ0v) is 17.9. The Morgan fingerprint density at radius 2 is 1.97 bits per heavy atom. The number of ether oxygens (including phenoxy) is 1. The van der Waals surface area contributed by atoms with E-state index in [2.05, 4.69) is 21.3 Å². The van der Waals surface area contributed by atoms with Crippen molar-refractivity contribution in [2.75, 3.05) is 12.9 Å². The van der Waals surface area contributed by atoms with Gasteiger partial charge in [0.1, 0.15) is 28.2 Å². The standard InChI is InChI=1S/C21H17N5O2S2/c1-26-19(13-7-9-14(28-2)10-8-13)24-25-21(26)29-12-17(27)15(11-22)20-23-16-5-3-4-6-18(16)30-20/h3-10,27H,12H2,1-2H3/b17-15-. The first-order valence-corrected chi connectivity index (χ1v) is 10.8. The molecular formula is C21H17N5O2S2. The number of hydrogen-bond acceptors (Lipinski definition) is 8. The molecule has 0 atom stereocenters. The summed E-state index contributed by atoms with van der Waals surface area (Å²) in [5.74, 6) is 1.63. The molecule has 0 saturated heterocycles. The van der Waals surface area contributed by atoms with Crippen LogP contribution in [0.15, 0.2) is 59.4 Å². The van der Waals surface area contributed by atoms with E-state index in [-0.39, 0.29) is 17.1 Å². The van der Waals surface area contributed by atoms with Gasteiger partial charge in [0.25, 0.3) is 0 Å². The van der Waals surface area contributed by atoms with E-state index in [1.807, 2.05) is 60.1 Å². The molecule has 150 valence electrons. The minimum atomic E-state index is -0.0319. The number of allylic oxidation sites excluding steroid dienone is 1. The van der Waals surface area contributed by atoms with Crippen molar-refractivity contribution in [1.82, 2.24) is 19.7 Å². The second-order valence-electron chi connectivity index (χ2n) is 6.30. The first-order valence-electron chi connectivity index (χ1n) is 8.95. The van der Waals surface area contributed by atoms with Crippen LogP contribution in [0, 0.1) is 11.3 Å². The van der Waals surface area contributed by atoms with Gasteiger partial charge in [-0.2, -0.15) is 5.26 Å². The SMILES string of the molecule is COc1ccc(-c2nnc(SC/C(O)=C(\C#N)c3nc4ccccc4s3)n2C)cc1. The Balaban J connectivity index is 1.54. The van der Waals surface area contributed by atoms with E-state index < -0.39 is 0 Å². The second kappa shape index (κ2) is 8.57. The zero-order chi connectivity index (χ0) is 21.1. The summed E-state index contributed by atoms with van der Waals surface area (Å²) < 4.78 is 8.00. The number of aliphatic hydroxyl groups excluding tert-OH is 1. The van der Waals surface area contributed by atoms with Crippen LogP contribution >= 0.6 is 23.1 Å². The average Bonchev–Trinajstić information content (AvgIpc) is 3.36. The van der Waals surface area contributed by atoms with Crippen molar-refractivity contribution in [2.45, 2.75) is 5.16 Å². The molecule has 2 aromatic heterocycles. The van der Waals surface area contributed by atoms with E-state index in [0.29, 0.717) is 16.0 Å². The number of nitriles is 1. The Hall–Kier alpha value is -3.35. The third kappa shape index (κ3) is 3.87.